The Labute approximate surface area is 92.8 Å². The predicted molar refractivity (Wildman–Crippen MR) is 60.6 cm³/mol. The number of aliphatic hydroxyl groups excluding tert-OH is 1. The van der Waals surface area contributed by atoms with Gasteiger partial charge in [-0.2, -0.15) is 0 Å². The van der Waals surface area contributed by atoms with E-state index in [0.29, 0.717) is 19.4 Å². The average molecular weight is 216 g/mol. The van der Waals surface area contributed by atoms with Gasteiger partial charge in [0.25, 0.3) is 0 Å². The van der Waals surface area contributed by atoms with E-state index in [4.69, 9.17) is 9.84 Å². The second-order valence-corrected chi connectivity index (χ2v) is 4.02. The zero-order chi connectivity index (χ0) is 11.5. The first kappa shape index (κ1) is 14.4. The summed E-state index contributed by atoms with van der Waals surface area (Å²) in [5.74, 6) is -0.132. The largest absolute Gasteiger partial charge is 0.466 e. The van der Waals surface area contributed by atoms with Crippen LogP contribution in [0.3, 0.4) is 0 Å². The SMILES string of the molecule is CCCCCCCC(=O)OCCC(C)O. The quantitative estimate of drug-likeness (QED) is 0.476. The van der Waals surface area contributed by atoms with E-state index in [2.05, 4.69) is 6.92 Å². The number of hydrogen-bond donors (Lipinski definition) is 1. The molecule has 0 aliphatic heterocycles. The summed E-state index contributed by atoms with van der Waals surface area (Å²) in [4.78, 5) is 11.2. The van der Waals surface area contributed by atoms with Crippen molar-refractivity contribution in [3.63, 3.8) is 0 Å². The average Bonchev–Trinajstić information content (AvgIpc) is 2.17. The van der Waals surface area contributed by atoms with Crippen molar-refractivity contribution in [2.45, 2.75) is 64.9 Å². The molecule has 0 saturated heterocycles. The number of carbonyl (C=O) groups excluding carboxylic acids is 1. The summed E-state index contributed by atoms with van der Waals surface area (Å²) >= 11 is 0. The van der Waals surface area contributed by atoms with Gasteiger partial charge in [-0.15, -0.1) is 0 Å². The fourth-order valence-electron chi connectivity index (χ4n) is 1.29. The Kier molecular flexibility index (Phi) is 9.59. The molecular formula is C12H24O3. The standard InChI is InChI=1S/C12H24O3/c1-3-4-5-6-7-8-12(14)15-10-9-11(2)13/h11,13H,3-10H2,1-2H3. The van der Waals surface area contributed by atoms with Gasteiger partial charge in [0.1, 0.15) is 0 Å². The molecule has 0 aromatic carbocycles. The highest BCUT2D eigenvalue weighted by Gasteiger charge is 2.03. The predicted octanol–water partition coefficient (Wildman–Crippen LogP) is 2.66. The normalized spacial score (nSPS) is 12.5. The van der Waals surface area contributed by atoms with Gasteiger partial charge in [0.05, 0.1) is 12.7 Å². The molecule has 3 heteroatoms. The van der Waals surface area contributed by atoms with Gasteiger partial charge >= 0.3 is 5.97 Å². The molecule has 0 saturated carbocycles. The Bertz CT molecular complexity index is 155. The van der Waals surface area contributed by atoms with Crippen molar-refractivity contribution in [1.29, 1.82) is 0 Å². The van der Waals surface area contributed by atoms with Crippen molar-refractivity contribution in [3.8, 4) is 0 Å². The van der Waals surface area contributed by atoms with Crippen molar-refractivity contribution in [2.24, 2.45) is 0 Å². The van der Waals surface area contributed by atoms with E-state index in [1.54, 1.807) is 6.92 Å². The lowest BCUT2D eigenvalue weighted by atomic mass is 10.1. The van der Waals surface area contributed by atoms with Gasteiger partial charge in [-0.1, -0.05) is 32.6 Å². The highest BCUT2D eigenvalue weighted by atomic mass is 16.5. The van der Waals surface area contributed by atoms with Gasteiger partial charge in [0.15, 0.2) is 0 Å². The summed E-state index contributed by atoms with van der Waals surface area (Å²) in [6, 6.07) is 0. The van der Waals surface area contributed by atoms with E-state index in [9.17, 15) is 4.79 Å². The molecular weight excluding hydrogens is 192 g/mol. The summed E-state index contributed by atoms with van der Waals surface area (Å²) in [6.07, 6.45) is 6.37. The monoisotopic (exact) mass is 216 g/mol. The van der Waals surface area contributed by atoms with Gasteiger partial charge in [-0.3, -0.25) is 4.79 Å². The first-order valence-electron chi connectivity index (χ1n) is 6.00. The van der Waals surface area contributed by atoms with Crippen LogP contribution in [0.5, 0.6) is 0 Å². The number of hydrogen-bond acceptors (Lipinski definition) is 3. The molecule has 0 aromatic heterocycles. The molecule has 0 spiro atoms. The third kappa shape index (κ3) is 11.4. The molecule has 1 atom stereocenters. The molecule has 0 aliphatic carbocycles. The Balaban J connectivity index is 3.19. The lowest BCUT2D eigenvalue weighted by Crippen LogP contribution is -2.10. The molecule has 0 heterocycles. The maximum atomic E-state index is 11.2. The molecule has 0 bridgehead atoms. The molecule has 15 heavy (non-hydrogen) atoms. The van der Waals surface area contributed by atoms with Crippen molar-refractivity contribution in [2.75, 3.05) is 6.61 Å². The van der Waals surface area contributed by atoms with Crippen LogP contribution in [0.15, 0.2) is 0 Å². The van der Waals surface area contributed by atoms with E-state index >= 15 is 0 Å². The van der Waals surface area contributed by atoms with Crippen LogP contribution in [-0.4, -0.2) is 23.8 Å². The van der Waals surface area contributed by atoms with Crippen LogP contribution >= 0.6 is 0 Å². The highest BCUT2D eigenvalue weighted by Crippen LogP contribution is 2.05. The lowest BCUT2D eigenvalue weighted by molar-refractivity contribution is -0.144. The molecule has 0 amide bonds. The fourth-order valence-corrected chi connectivity index (χ4v) is 1.29. The number of carbonyl (C=O) groups is 1. The van der Waals surface area contributed by atoms with Crippen molar-refractivity contribution < 1.29 is 14.6 Å². The minimum atomic E-state index is -0.387. The molecule has 1 unspecified atom stereocenters. The third-order valence-electron chi connectivity index (χ3n) is 2.28. The Hall–Kier alpha value is -0.570. The van der Waals surface area contributed by atoms with Crippen LogP contribution in [0, 0.1) is 0 Å². The minimum Gasteiger partial charge on any atom is -0.466 e. The van der Waals surface area contributed by atoms with E-state index in [0.717, 1.165) is 12.8 Å². The molecule has 0 radical (unpaired) electrons. The first-order valence-corrected chi connectivity index (χ1v) is 6.00. The van der Waals surface area contributed by atoms with Gasteiger partial charge in [0, 0.05) is 12.8 Å². The summed E-state index contributed by atoms with van der Waals surface area (Å²) in [5.41, 5.74) is 0. The first-order chi connectivity index (χ1) is 7.16. The van der Waals surface area contributed by atoms with Gasteiger partial charge in [0.2, 0.25) is 0 Å². The molecule has 90 valence electrons. The maximum absolute atomic E-state index is 11.2. The third-order valence-corrected chi connectivity index (χ3v) is 2.28. The Morgan fingerprint density at radius 1 is 1.27 bits per heavy atom. The highest BCUT2D eigenvalue weighted by molar-refractivity contribution is 5.69. The van der Waals surface area contributed by atoms with E-state index in [-0.39, 0.29) is 12.1 Å². The number of ether oxygens (including phenoxy) is 1. The van der Waals surface area contributed by atoms with Crippen molar-refractivity contribution in [1.82, 2.24) is 0 Å². The number of rotatable bonds is 9. The summed E-state index contributed by atoms with van der Waals surface area (Å²) in [5, 5.41) is 8.95. The zero-order valence-corrected chi connectivity index (χ0v) is 10.00. The summed E-state index contributed by atoms with van der Waals surface area (Å²) in [7, 11) is 0. The fraction of sp³-hybridized carbons (Fsp3) is 0.917. The van der Waals surface area contributed by atoms with Gasteiger partial charge < -0.3 is 9.84 Å². The second-order valence-electron chi connectivity index (χ2n) is 4.02. The second kappa shape index (κ2) is 9.97. The van der Waals surface area contributed by atoms with Crippen LogP contribution in [0.1, 0.15) is 58.8 Å². The molecule has 0 aliphatic rings. The smallest absolute Gasteiger partial charge is 0.305 e. The minimum absolute atomic E-state index is 0.132. The summed E-state index contributed by atoms with van der Waals surface area (Å²) in [6.45, 7) is 4.20. The van der Waals surface area contributed by atoms with E-state index < -0.39 is 0 Å². The maximum Gasteiger partial charge on any atom is 0.305 e. The van der Waals surface area contributed by atoms with Crippen LogP contribution in [0.4, 0.5) is 0 Å². The van der Waals surface area contributed by atoms with Gasteiger partial charge in [-0.05, 0) is 13.3 Å². The number of esters is 1. The topological polar surface area (TPSA) is 46.5 Å². The molecule has 0 fully saturated rings. The molecule has 0 rings (SSSR count). The van der Waals surface area contributed by atoms with Crippen LogP contribution in [0.2, 0.25) is 0 Å². The van der Waals surface area contributed by atoms with E-state index in [1.807, 2.05) is 0 Å². The number of unbranched alkanes of at least 4 members (excludes halogenated alkanes) is 4. The van der Waals surface area contributed by atoms with Crippen LogP contribution in [0.25, 0.3) is 0 Å². The number of aliphatic hydroxyl groups is 1. The molecule has 0 aromatic rings. The molecule has 1 N–H and O–H groups in total. The van der Waals surface area contributed by atoms with Crippen molar-refractivity contribution >= 4 is 5.97 Å². The Morgan fingerprint density at radius 3 is 2.53 bits per heavy atom. The van der Waals surface area contributed by atoms with Crippen molar-refractivity contribution in [3.05, 3.63) is 0 Å². The van der Waals surface area contributed by atoms with Crippen LogP contribution in [-0.2, 0) is 9.53 Å². The van der Waals surface area contributed by atoms with E-state index in [1.165, 1.54) is 19.3 Å². The summed E-state index contributed by atoms with van der Waals surface area (Å²) < 4.78 is 4.96. The molecule has 3 nitrogen and oxygen atoms in total. The zero-order valence-electron chi connectivity index (χ0n) is 10.00. The lowest BCUT2D eigenvalue weighted by Gasteiger charge is -2.06. The van der Waals surface area contributed by atoms with Gasteiger partial charge in [-0.25, -0.2) is 0 Å². The van der Waals surface area contributed by atoms with Crippen LogP contribution < -0.4 is 0 Å². The Morgan fingerprint density at radius 2 is 1.93 bits per heavy atom.